The fourth-order valence-electron chi connectivity index (χ4n) is 2.76. The molecular formula is C15H22N4O. The SMILES string of the molecule is Cc1ccc2c(c1)nc(CN)n2CCN1CCOCC1. The van der Waals surface area contributed by atoms with Gasteiger partial charge in [-0.1, -0.05) is 6.07 Å². The van der Waals surface area contributed by atoms with Crippen LogP contribution < -0.4 is 5.73 Å². The lowest BCUT2D eigenvalue weighted by Gasteiger charge is -2.26. The minimum absolute atomic E-state index is 0.483. The van der Waals surface area contributed by atoms with Gasteiger partial charge in [0.25, 0.3) is 0 Å². The largest absolute Gasteiger partial charge is 0.379 e. The summed E-state index contributed by atoms with van der Waals surface area (Å²) in [5.41, 5.74) is 9.31. The molecule has 1 saturated heterocycles. The number of hydrogen-bond acceptors (Lipinski definition) is 4. The summed E-state index contributed by atoms with van der Waals surface area (Å²) < 4.78 is 7.64. The molecule has 5 nitrogen and oxygen atoms in total. The Morgan fingerprint density at radius 1 is 1.25 bits per heavy atom. The Hall–Kier alpha value is -1.43. The first-order valence-corrected chi connectivity index (χ1v) is 7.24. The van der Waals surface area contributed by atoms with E-state index < -0.39 is 0 Å². The lowest BCUT2D eigenvalue weighted by atomic mass is 10.2. The molecule has 1 aromatic carbocycles. The average molecular weight is 274 g/mol. The third-order valence-electron chi connectivity index (χ3n) is 3.91. The second-order valence-corrected chi connectivity index (χ2v) is 5.33. The van der Waals surface area contributed by atoms with Crippen molar-refractivity contribution in [2.45, 2.75) is 20.0 Å². The quantitative estimate of drug-likeness (QED) is 0.908. The second-order valence-electron chi connectivity index (χ2n) is 5.33. The summed E-state index contributed by atoms with van der Waals surface area (Å²) in [5, 5.41) is 0. The maximum Gasteiger partial charge on any atom is 0.123 e. The number of ether oxygens (including phenoxy) is 1. The van der Waals surface area contributed by atoms with E-state index in [4.69, 9.17) is 10.5 Å². The van der Waals surface area contributed by atoms with Crippen molar-refractivity contribution in [3.63, 3.8) is 0 Å². The van der Waals surface area contributed by atoms with Gasteiger partial charge < -0.3 is 15.0 Å². The number of imidazole rings is 1. The predicted molar refractivity (Wildman–Crippen MR) is 79.6 cm³/mol. The van der Waals surface area contributed by atoms with Crippen LogP contribution in [0.5, 0.6) is 0 Å². The number of benzene rings is 1. The molecule has 20 heavy (non-hydrogen) atoms. The Morgan fingerprint density at radius 3 is 2.80 bits per heavy atom. The summed E-state index contributed by atoms with van der Waals surface area (Å²) in [7, 11) is 0. The molecular weight excluding hydrogens is 252 g/mol. The Balaban J connectivity index is 1.81. The Bertz CT molecular complexity index is 587. The smallest absolute Gasteiger partial charge is 0.123 e. The van der Waals surface area contributed by atoms with Crippen molar-refractivity contribution in [1.82, 2.24) is 14.5 Å². The van der Waals surface area contributed by atoms with E-state index in [9.17, 15) is 0 Å². The summed E-state index contributed by atoms with van der Waals surface area (Å²) in [6, 6.07) is 6.41. The van der Waals surface area contributed by atoms with Crippen molar-refractivity contribution in [2.75, 3.05) is 32.8 Å². The first-order chi connectivity index (χ1) is 9.78. The summed E-state index contributed by atoms with van der Waals surface area (Å²) >= 11 is 0. The number of nitrogens with two attached hydrogens (primary N) is 1. The van der Waals surface area contributed by atoms with Crippen LogP contribution in [0.1, 0.15) is 11.4 Å². The van der Waals surface area contributed by atoms with Gasteiger partial charge in [0.1, 0.15) is 5.82 Å². The number of aryl methyl sites for hydroxylation is 1. The molecule has 1 aromatic heterocycles. The lowest BCUT2D eigenvalue weighted by Crippen LogP contribution is -2.38. The summed E-state index contributed by atoms with van der Waals surface area (Å²) in [5.74, 6) is 0.971. The van der Waals surface area contributed by atoms with Crippen LogP contribution in [-0.4, -0.2) is 47.3 Å². The lowest BCUT2D eigenvalue weighted by molar-refractivity contribution is 0.0364. The van der Waals surface area contributed by atoms with Gasteiger partial charge in [-0.25, -0.2) is 4.98 Å². The van der Waals surface area contributed by atoms with Crippen molar-refractivity contribution in [2.24, 2.45) is 5.73 Å². The highest BCUT2D eigenvalue weighted by molar-refractivity contribution is 5.76. The summed E-state index contributed by atoms with van der Waals surface area (Å²) in [6.45, 7) is 8.25. The average Bonchev–Trinajstić information content (AvgIpc) is 2.83. The molecule has 0 bridgehead atoms. The number of morpholine rings is 1. The molecule has 0 spiro atoms. The molecule has 0 amide bonds. The van der Waals surface area contributed by atoms with E-state index in [2.05, 4.69) is 39.6 Å². The predicted octanol–water partition coefficient (Wildman–Crippen LogP) is 1.14. The second kappa shape index (κ2) is 5.91. The Morgan fingerprint density at radius 2 is 2.05 bits per heavy atom. The van der Waals surface area contributed by atoms with Crippen LogP contribution >= 0.6 is 0 Å². The Kier molecular flexibility index (Phi) is 4.00. The normalized spacial score (nSPS) is 16.9. The van der Waals surface area contributed by atoms with Crippen LogP contribution in [0.3, 0.4) is 0 Å². The molecule has 0 saturated carbocycles. The molecule has 2 heterocycles. The third-order valence-corrected chi connectivity index (χ3v) is 3.91. The van der Waals surface area contributed by atoms with Gasteiger partial charge in [0.2, 0.25) is 0 Å². The van der Waals surface area contributed by atoms with Crippen molar-refractivity contribution in [3.05, 3.63) is 29.6 Å². The van der Waals surface area contributed by atoms with Gasteiger partial charge >= 0.3 is 0 Å². The van der Waals surface area contributed by atoms with Gasteiger partial charge in [0.05, 0.1) is 30.8 Å². The number of hydrogen-bond donors (Lipinski definition) is 1. The molecule has 1 aliphatic rings. The molecule has 0 aliphatic carbocycles. The van der Waals surface area contributed by atoms with Gasteiger partial charge in [-0.2, -0.15) is 0 Å². The van der Waals surface area contributed by atoms with Crippen LogP contribution in [0.4, 0.5) is 0 Å². The van der Waals surface area contributed by atoms with Crippen LogP contribution in [0.15, 0.2) is 18.2 Å². The molecule has 0 unspecified atom stereocenters. The van der Waals surface area contributed by atoms with E-state index in [1.54, 1.807) is 0 Å². The van der Waals surface area contributed by atoms with Gasteiger partial charge in [-0.3, -0.25) is 4.90 Å². The summed E-state index contributed by atoms with van der Waals surface area (Å²) in [6.07, 6.45) is 0. The zero-order chi connectivity index (χ0) is 13.9. The molecule has 3 rings (SSSR count). The fourth-order valence-corrected chi connectivity index (χ4v) is 2.76. The van der Waals surface area contributed by atoms with Gasteiger partial charge in [0, 0.05) is 26.2 Å². The fraction of sp³-hybridized carbons (Fsp3) is 0.533. The molecule has 108 valence electrons. The topological polar surface area (TPSA) is 56.3 Å². The molecule has 2 aromatic rings. The number of aromatic nitrogens is 2. The summed E-state index contributed by atoms with van der Waals surface area (Å²) in [4.78, 5) is 7.08. The van der Waals surface area contributed by atoms with Crippen LogP contribution in [0.2, 0.25) is 0 Å². The minimum atomic E-state index is 0.483. The van der Waals surface area contributed by atoms with Crippen molar-refractivity contribution >= 4 is 11.0 Å². The molecule has 0 radical (unpaired) electrons. The van der Waals surface area contributed by atoms with E-state index in [0.717, 1.165) is 50.7 Å². The van der Waals surface area contributed by atoms with Crippen molar-refractivity contribution in [3.8, 4) is 0 Å². The molecule has 2 N–H and O–H groups in total. The first kappa shape index (κ1) is 13.5. The minimum Gasteiger partial charge on any atom is -0.379 e. The number of rotatable bonds is 4. The van der Waals surface area contributed by atoms with Gasteiger partial charge in [-0.05, 0) is 24.6 Å². The zero-order valence-electron chi connectivity index (χ0n) is 12.0. The van der Waals surface area contributed by atoms with Gasteiger partial charge in [-0.15, -0.1) is 0 Å². The highest BCUT2D eigenvalue weighted by Gasteiger charge is 2.13. The van der Waals surface area contributed by atoms with Gasteiger partial charge in [0.15, 0.2) is 0 Å². The van der Waals surface area contributed by atoms with Crippen LogP contribution in [0.25, 0.3) is 11.0 Å². The molecule has 0 atom stereocenters. The van der Waals surface area contributed by atoms with E-state index in [0.29, 0.717) is 6.54 Å². The Labute approximate surface area is 119 Å². The van der Waals surface area contributed by atoms with Crippen LogP contribution in [-0.2, 0) is 17.8 Å². The molecule has 1 fully saturated rings. The standard InChI is InChI=1S/C15H22N4O/c1-12-2-3-14-13(10-12)17-15(11-16)19(14)5-4-18-6-8-20-9-7-18/h2-3,10H,4-9,11,16H2,1H3. The van der Waals surface area contributed by atoms with Crippen LogP contribution in [0, 0.1) is 6.92 Å². The molecule has 1 aliphatic heterocycles. The zero-order valence-corrected chi connectivity index (χ0v) is 12.0. The van der Waals surface area contributed by atoms with Crippen molar-refractivity contribution < 1.29 is 4.74 Å². The van der Waals surface area contributed by atoms with E-state index in [1.807, 2.05) is 0 Å². The van der Waals surface area contributed by atoms with Crippen molar-refractivity contribution in [1.29, 1.82) is 0 Å². The number of fused-ring (bicyclic) bond motifs is 1. The first-order valence-electron chi connectivity index (χ1n) is 7.24. The highest BCUT2D eigenvalue weighted by atomic mass is 16.5. The highest BCUT2D eigenvalue weighted by Crippen LogP contribution is 2.18. The third kappa shape index (κ3) is 2.70. The monoisotopic (exact) mass is 274 g/mol. The molecule has 5 heteroatoms. The maximum atomic E-state index is 5.84. The van der Waals surface area contributed by atoms with E-state index >= 15 is 0 Å². The maximum absolute atomic E-state index is 5.84. The van der Waals surface area contributed by atoms with E-state index in [-0.39, 0.29) is 0 Å². The van der Waals surface area contributed by atoms with E-state index in [1.165, 1.54) is 11.1 Å². The number of nitrogens with zero attached hydrogens (tertiary/aromatic N) is 3.